The van der Waals surface area contributed by atoms with E-state index in [1.165, 1.54) is 30.6 Å². The van der Waals surface area contributed by atoms with Gasteiger partial charge in [0.05, 0.1) is 28.3 Å². The number of thiazole rings is 1. The second kappa shape index (κ2) is 5.31. The highest BCUT2D eigenvalue weighted by molar-refractivity contribution is 7.23. The minimum atomic E-state index is -0.499. The molecule has 0 saturated heterocycles. The average Bonchev–Trinajstić information content (AvgIpc) is 2.95. The molecule has 24 heavy (non-hydrogen) atoms. The van der Waals surface area contributed by atoms with E-state index >= 15 is 0 Å². The Balaban J connectivity index is 2.16. The summed E-state index contributed by atoms with van der Waals surface area (Å²) in [6.07, 6.45) is 0. The number of nitrogens with zero attached hydrogens (tertiary/aromatic N) is 1. The van der Waals surface area contributed by atoms with Crippen molar-refractivity contribution >= 4 is 37.7 Å². The van der Waals surface area contributed by atoms with E-state index in [1.807, 2.05) is 0 Å². The van der Waals surface area contributed by atoms with E-state index in [0.29, 0.717) is 26.3 Å². The molecule has 2 aromatic heterocycles. The number of aromatic nitrogens is 1. The molecule has 5 nitrogen and oxygen atoms in total. The number of hydrogen-bond acceptors (Lipinski definition) is 6. The van der Waals surface area contributed by atoms with Crippen molar-refractivity contribution in [1.29, 1.82) is 0 Å². The summed E-state index contributed by atoms with van der Waals surface area (Å²) in [5.74, 6) is -0.488. The van der Waals surface area contributed by atoms with Gasteiger partial charge in [-0.2, -0.15) is 0 Å². The van der Waals surface area contributed by atoms with Crippen LogP contribution in [0.1, 0.15) is 0 Å². The Hall–Kier alpha value is -2.93. The van der Waals surface area contributed by atoms with Gasteiger partial charge in [0.15, 0.2) is 10.9 Å². The predicted molar refractivity (Wildman–Crippen MR) is 92.0 cm³/mol. The minimum absolute atomic E-state index is 0.0490. The number of nitrogens with two attached hydrogens (primary N) is 1. The summed E-state index contributed by atoms with van der Waals surface area (Å²) in [4.78, 5) is 17.1. The second-order valence-electron chi connectivity index (χ2n) is 5.11. The molecule has 0 bridgehead atoms. The highest BCUT2D eigenvalue weighted by Gasteiger charge is 2.21. The van der Waals surface area contributed by atoms with Gasteiger partial charge in [0.1, 0.15) is 11.4 Å². The molecule has 0 aliphatic carbocycles. The number of anilines is 1. The average molecular weight is 342 g/mol. The molecule has 0 spiro atoms. The van der Waals surface area contributed by atoms with Crippen LogP contribution in [-0.2, 0) is 0 Å². The van der Waals surface area contributed by atoms with Crippen LogP contribution in [0.2, 0.25) is 0 Å². The lowest BCUT2D eigenvalue weighted by molar-refractivity contribution is 0.398. The van der Waals surface area contributed by atoms with Gasteiger partial charge in [0, 0.05) is 0 Å². The number of hydrogen-bond donors (Lipinski definition) is 1. The van der Waals surface area contributed by atoms with Crippen molar-refractivity contribution in [2.24, 2.45) is 0 Å². The van der Waals surface area contributed by atoms with Gasteiger partial charge in [-0.3, -0.25) is 4.79 Å². The van der Waals surface area contributed by atoms with E-state index in [-0.39, 0.29) is 22.5 Å². The van der Waals surface area contributed by atoms with Gasteiger partial charge in [0.25, 0.3) is 0 Å². The van der Waals surface area contributed by atoms with E-state index < -0.39 is 5.82 Å². The van der Waals surface area contributed by atoms with E-state index in [4.69, 9.17) is 14.9 Å². The molecule has 4 aromatic rings. The van der Waals surface area contributed by atoms with Crippen LogP contribution >= 0.6 is 11.3 Å². The Bertz CT molecular complexity index is 1150. The summed E-state index contributed by atoms with van der Waals surface area (Å²) >= 11 is 1.20. The largest absolute Gasteiger partial charge is 0.490 e. The summed E-state index contributed by atoms with van der Waals surface area (Å²) in [6, 6.07) is 9.40. The third-order valence-corrected chi connectivity index (χ3v) is 4.63. The van der Waals surface area contributed by atoms with E-state index in [2.05, 4.69) is 4.98 Å². The number of halogens is 1. The normalized spacial score (nSPS) is 11.2. The third-order valence-electron chi connectivity index (χ3n) is 3.71. The summed E-state index contributed by atoms with van der Waals surface area (Å²) in [6.45, 7) is 0. The molecule has 0 aliphatic rings. The van der Waals surface area contributed by atoms with Crippen molar-refractivity contribution in [3.8, 4) is 17.1 Å². The smallest absolute Gasteiger partial charge is 0.236 e. The van der Waals surface area contributed by atoms with Gasteiger partial charge in [-0.1, -0.05) is 23.5 Å². The zero-order chi connectivity index (χ0) is 16.8. The van der Waals surface area contributed by atoms with Crippen LogP contribution in [0.25, 0.3) is 32.5 Å². The topological polar surface area (TPSA) is 78.3 Å². The first-order valence-electron chi connectivity index (χ1n) is 7.05. The van der Waals surface area contributed by atoms with Crippen LogP contribution in [0.15, 0.2) is 45.6 Å². The Labute approximate surface area is 139 Å². The minimum Gasteiger partial charge on any atom is -0.490 e. The molecular formula is C17H11FN2O3S. The molecule has 0 amide bonds. The molecule has 0 unspecified atom stereocenters. The van der Waals surface area contributed by atoms with E-state index in [0.717, 1.165) is 0 Å². The maximum absolute atomic E-state index is 14.1. The monoisotopic (exact) mass is 342 g/mol. The van der Waals surface area contributed by atoms with Crippen molar-refractivity contribution in [2.75, 3.05) is 12.8 Å². The summed E-state index contributed by atoms with van der Waals surface area (Å²) in [5.41, 5.74) is 6.46. The molecular weight excluding hydrogens is 331 g/mol. The first-order valence-corrected chi connectivity index (χ1v) is 7.86. The van der Waals surface area contributed by atoms with Crippen molar-refractivity contribution < 1.29 is 13.5 Å². The summed E-state index contributed by atoms with van der Waals surface area (Å²) in [5, 5.41) is 0.688. The van der Waals surface area contributed by atoms with Crippen LogP contribution in [0.4, 0.5) is 9.52 Å². The number of ether oxygens (including phenoxy) is 1. The molecule has 0 saturated carbocycles. The van der Waals surface area contributed by atoms with Gasteiger partial charge in [-0.25, -0.2) is 9.37 Å². The molecule has 0 aliphatic heterocycles. The SMILES string of the molecule is COc1c(-c2ccccc2F)oc2ccc3nc(N)sc3c2c1=O. The van der Waals surface area contributed by atoms with Gasteiger partial charge in [0.2, 0.25) is 11.2 Å². The van der Waals surface area contributed by atoms with Crippen molar-refractivity contribution in [1.82, 2.24) is 4.98 Å². The maximum atomic E-state index is 14.1. The molecule has 0 atom stereocenters. The molecule has 2 aromatic carbocycles. The molecule has 0 fully saturated rings. The molecule has 0 radical (unpaired) electrons. The summed E-state index contributed by atoms with van der Waals surface area (Å²) in [7, 11) is 1.35. The van der Waals surface area contributed by atoms with E-state index in [9.17, 15) is 9.18 Å². The van der Waals surface area contributed by atoms with Crippen LogP contribution < -0.4 is 15.9 Å². The first-order chi connectivity index (χ1) is 11.6. The number of nitrogen functional groups attached to an aromatic ring is 1. The lowest BCUT2D eigenvalue weighted by Gasteiger charge is -2.09. The Morgan fingerprint density at radius 3 is 2.79 bits per heavy atom. The number of fused-ring (bicyclic) bond motifs is 3. The first kappa shape index (κ1) is 14.6. The fourth-order valence-electron chi connectivity index (χ4n) is 2.67. The second-order valence-corrected chi connectivity index (χ2v) is 6.14. The van der Waals surface area contributed by atoms with Crippen molar-refractivity contribution in [2.45, 2.75) is 0 Å². The third kappa shape index (κ3) is 2.05. The van der Waals surface area contributed by atoms with Crippen LogP contribution in [-0.4, -0.2) is 12.1 Å². The van der Waals surface area contributed by atoms with Gasteiger partial charge >= 0.3 is 0 Å². The lowest BCUT2D eigenvalue weighted by Crippen LogP contribution is -2.08. The standard InChI is InChI=1S/C17H11FN2O3S/c1-22-15-13(21)12-11(7-6-10-16(12)24-17(19)20-10)23-14(15)8-4-2-3-5-9(8)18/h2-7H,1H3,(H2,19,20). The Morgan fingerprint density at radius 1 is 1.25 bits per heavy atom. The van der Waals surface area contributed by atoms with Crippen LogP contribution in [0.3, 0.4) is 0 Å². The molecule has 120 valence electrons. The molecule has 2 N–H and O–H groups in total. The zero-order valence-corrected chi connectivity index (χ0v) is 13.3. The zero-order valence-electron chi connectivity index (χ0n) is 12.5. The van der Waals surface area contributed by atoms with Crippen molar-refractivity contribution in [3.63, 3.8) is 0 Å². The fourth-order valence-corrected chi connectivity index (χ4v) is 3.54. The fraction of sp³-hybridized carbons (Fsp3) is 0.0588. The highest BCUT2D eigenvalue weighted by atomic mass is 32.1. The van der Waals surface area contributed by atoms with Crippen molar-refractivity contribution in [3.05, 3.63) is 52.4 Å². The Kier molecular flexibility index (Phi) is 3.24. The predicted octanol–water partition coefficient (Wildman–Crippen LogP) is 3.80. The van der Waals surface area contributed by atoms with Crippen LogP contribution in [0, 0.1) is 5.82 Å². The number of rotatable bonds is 2. The van der Waals surface area contributed by atoms with Gasteiger partial charge in [-0.15, -0.1) is 0 Å². The van der Waals surface area contributed by atoms with Crippen LogP contribution in [0.5, 0.6) is 5.75 Å². The Morgan fingerprint density at radius 2 is 2.04 bits per heavy atom. The number of benzene rings is 2. The van der Waals surface area contributed by atoms with Gasteiger partial charge in [-0.05, 0) is 24.3 Å². The summed E-state index contributed by atoms with van der Waals surface area (Å²) < 4.78 is 25.8. The lowest BCUT2D eigenvalue weighted by atomic mass is 10.1. The van der Waals surface area contributed by atoms with Gasteiger partial charge < -0.3 is 14.9 Å². The molecule has 4 rings (SSSR count). The highest BCUT2D eigenvalue weighted by Crippen LogP contribution is 2.36. The van der Waals surface area contributed by atoms with E-state index in [1.54, 1.807) is 24.3 Å². The quantitative estimate of drug-likeness (QED) is 0.599. The molecule has 7 heteroatoms. The maximum Gasteiger partial charge on any atom is 0.236 e. The molecule has 2 heterocycles. The number of methoxy groups -OCH3 is 1.